The van der Waals surface area contributed by atoms with Crippen molar-refractivity contribution in [2.24, 2.45) is 5.73 Å². The Hall–Kier alpha value is -0.570. The maximum absolute atomic E-state index is 10.6. The van der Waals surface area contributed by atoms with Crippen molar-refractivity contribution in [1.29, 1.82) is 0 Å². The predicted octanol–water partition coefficient (Wildman–Crippen LogP) is 0.00230. The van der Waals surface area contributed by atoms with Crippen LogP contribution < -0.4 is 11.1 Å². The molecule has 10 heavy (non-hydrogen) atoms. The molecule has 3 N–H and O–H groups in total. The summed E-state index contributed by atoms with van der Waals surface area (Å²) in [5.41, 5.74) is 5.27. The van der Waals surface area contributed by atoms with Crippen LogP contribution in [0.4, 0.5) is 0 Å². The molecule has 0 bridgehead atoms. The molecule has 1 fully saturated rings. The number of hydrogen-bond acceptors (Lipinski definition) is 2. The molecule has 1 rings (SSSR count). The number of amides is 1. The summed E-state index contributed by atoms with van der Waals surface area (Å²) in [5.74, 6) is -0.270. The van der Waals surface area contributed by atoms with Crippen LogP contribution >= 0.6 is 0 Å². The summed E-state index contributed by atoms with van der Waals surface area (Å²) in [7, 11) is 0. The molecule has 1 saturated carbocycles. The lowest BCUT2D eigenvalue weighted by molar-refractivity contribution is -0.119. The van der Waals surface area contributed by atoms with Gasteiger partial charge in [0, 0.05) is 5.54 Å². The van der Waals surface area contributed by atoms with E-state index in [0.29, 0.717) is 0 Å². The Morgan fingerprint density at radius 2 is 2.20 bits per heavy atom. The molecule has 1 unspecified atom stereocenters. The third-order valence-corrected chi connectivity index (χ3v) is 1.99. The molecule has 0 aliphatic heterocycles. The number of nitrogens with two attached hydrogens (primary N) is 1. The molecule has 0 saturated heterocycles. The maximum Gasteiger partial charge on any atom is 0.234 e. The molecular weight excluding hydrogens is 128 g/mol. The minimum absolute atomic E-state index is 0.188. The first-order valence-electron chi connectivity index (χ1n) is 3.60. The number of rotatable bonds is 3. The van der Waals surface area contributed by atoms with E-state index in [4.69, 9.17) is 5.73 Å². The summed E-state index contributed by atoms with van der Waals surface area (Å²) in [6.45, 7) is 3.90. The van der Waals surface area contributed by atoms with Crippen molar-refractivity contribution >= 4 is 5.91 Å². The van der Waals surface area contributed by atoms with Crippen LogP contribution in [0.15, 0.2) is 0 Å². The van der Waals surface area contributed by atoms with Crippen LogP contribution in [-0.2, 0) is 4.79 Å². The summed E-state index contributed by atoms with van der Waals surface area (Å²) >= 11 is 0. The van der Waals surface area contributed by atoms with Crippen molar-refractivity contribution in [3.63, 3.8) is 0 Å². The van der Waals surface area contributed by atoms with Crippen molar-refractivity contribution in [3.8, 4) is 0 Å². The number of hydrogen-bond donors (Lipinski definition) is 2. The zero-order valence-electron chi connectivity index (χ0n) is 6.48. The molecule has 1 amide bonds. The molecule has 3 heteroatoms. The summed E-state index contributed by atoms with van der Waals surface area (Å²) in [5, 5.41) is 3.16. The second-order valence-electron chi connectivity index (χ2n) is 3.33. The highest BCUT2D eigenvalue weighted by molar-refractivity contribution is 5.79. The average molecular weight is 142 g/mol. The van der Waals surface area contributed by atoms with Crippen molar-refractivity contribution in [3.05, 3.63) is 0 Å². The average Bonchev–Trinajstić information content (AvgIpc) is 2.47. The molecule has 1 aliphatic carbocycles. The molecule has 0 spiro atoms. The van der Waals surface area contributed by atoms with Crippen LogP contribution in [0, 0.1) is 0 Å². The molecule has 0 radical (unpaired) electrons. The molecular formula is C7H14N2O. The number of carbonyl (C=O) groups is 1. The smallest absolute Gasteiger partial charge is 0.234 e. The molecule has 3 nitrogen and oxygen atoms in total. The Morgan fingerprint density at radius 3 is 2.50 bits per heavy atom. The monoisotopic (exact) mass is 142 g/mol. The number of primary amides is 1. The predicted molar refractivity (Wildman–Crippen MR) is 39.4 cm³/mol. The van der Waals surface area contributed by atoms with E-state index in [9.17, 15) is 4.79 Å². The van der Waals surface area contributed by atoms with Crippen molar-refractivity contribution in [1.82, 2.24) is 5.32 Å². The zero-order chi connectivity index (χ0) is 7.78. The molecule has 0 aromatic rings. The SMILES string of the molecule is CC(NC1(C)CC1)C(N)=O. The van der Waals surface area contributed by atoms with E-state index in [0.717, 1.165) is 12.8 Å². The minimum atomic E-state index is -0.270. The molecule has 1 aliphatic rings. The van der Waals surface area contributed by atoms with E-state index < -0.39 is 0 Å². The van der Waals surface area contributed by atoms with Crippen molar-refractivity contribution in [2.75, 3.05) is 0 Å². The Labute approximate surface area is 61.0 Å². The van der Waals surface area contributed by atoms with Gasteiger partial charge in [-0.2, -0.15) is 0 Å². The zero-order valence-corrected chi connectivity index (χ0v) is 6.48. The minimum Gasteiger partial charge on any atom is -0.368 e. The Kier molecular flexibility index (Phi) is 1.68. The lowest BCUT2D eigenvalue weighted by Crippen LogP contribution is -2.44. The lowest BCUT2D eigenvalue weighted by atomic mass is 10.2. The van der Waals surface area contributed by atoms with Crippen molar-refractivity contribution < 1.29 is 4.79 Å². The van der Waals surface area contributed by atoms with Gasteiger partial charge in [0.1, 0.15) is 0 Å². The molecule has 1 atom stereocenters. The first-order chi connectivity index (χ1) is 4.53. The highest BCUT2D eigenvalue weighted by atomic mass is 16.1. The number of carbonyl (C=O) groups excluding carboxylic acids is 1. The Bertz CT molecular complexity index is 152. The van der Waals surface area contributed by atoms with E-state index in [2.05, 4.69) is 12.2 Å². The summed E-state index contributed by atoms with van der Waals surface area (Å²) in [6.07, 6.45) is 2.31. The quantitative estimate of drug-likeness (QED) is 0.583. The van der Waals surface area contributed by atoms with Crippen LogP contribution in [0.1, 0.15) is 26.7 Å². The molecule has 0 heterocycles. The third kappa shape index (κ3) is 1.70. The van der Waals surface area contributed by atoms with Crippen LogP contribution in [0.3, 0.4) is 0 Å². The summed E-state index contributed by atoms with van der Waals surface area (Å²) < 4.78 is 0. The molecule has 58 valence electrons. The normalized spacial score (nSPS) is 23.8. The van der Waals surface area contributed by atoms with Gasteiger partial charge in [-0.15, -0.1) is 0 Å². The highest BCUT2D eigenvalue weighted by Gasteiger charge is 2.38. The fraction of sp³-hybridized carbons (Fsp3) is 0.857. The second-order valence-corrected chi connectivity index (χ2v) is 3.33. The van der Waals surface area contributed by atoms with Gasteiger partial charge in [-0.25, -0.2) is 0 Å². The van der Waals surface area contributed by atoms with E-state index in [1.54, 1.807) is 6.92 Å². The van der Waals surface area contributed by atoms with E-state index in [1.807, 2.05) is 0 Å². The van der Waals surface area contributed by atoms with E-state index in [1.165, 1.54) is 0 Å². The largest absolute Gasteiger partial charge is 0.368 e. The summed E-state index contributed by atoms with van der Waals surface area (Å²) in [4.78, 5) is 10.6. The highest BCUT2D eigenvalue weighted by Crippen LogP contribution is 2.34. The van der Waals surface area contributed by atoms with Crippen LogP contribution in [0.2, 0.25) is 0 Å². The molecule has 0 aromatic carbocycles. The van der Waals surface area contributed by atoms with E-state index >= 15 is 0 Å². The fourth-order valence-electron chi connectivity index (χ4n) is 0.926. The van der Waals surface area contributed by atoms with Gasteiger partial charge in [-0.05, 0) is 26.7 Å². The first-order valence-corrected chi connectivity index (χ1v) is 3.60. The molecule has 0 aromatic heterocycles. The van der Waals surface area contributed by atoms with Gasteiger partial charge in [0.15, 0.2) is 0 Å². The van der Waals surface area contributed by atoms with Gasteiger partial charge in [0.2, 0.25) is 5.91 Å². The van der Waals surface area contributed by atoms with Gasteiger partial charge in [-0.1, -0.05) is 0 Å². The summed E-state index contributed by atoms with van der Waals surface area (Å²) in [6, 6.07) is -0.188. The van der Waals surface area contributed by atoms with Gasteiger partial charge in [0.25, 0.3) is 0 Å². The van der Waals surface area contributed by atoms with E-state index in [-0.39, 0.29) is 17.5 Å². The number of nitrogens with one attached hydrogen (secondary N) is 1. The standard InChI is InChI=1S/C7H14N2O/c1-5(6(8)10)9-7(2)3-4-7/h5,9H,3-4H2,1-2H3,(H2,8,10). The Balaban J connectivity index is 2.31. The topological polar surface area (TPSA) is 55.1 Å². The lowest BCUT2D eigenvalue weighted by Gasteiger charge is -2.15. The second kappa shape index (κ2) is 2.23. The van der Waals surface area contributed by atoms with Crippen molar-refractivity contribution in [2.45, 2.75) is 38.3 Å². The first kappa shape index (κ1) is 7.54. The Morgan fingerprint density at radius 1 is 1.70 bits per heavy atom. The van der Waals surface area contributed by atoms with Crippen LogP contribution in [0.5, 0.6) is 0 Å². The fourth-order valence-corrected chi connectivity index (χ4v) is 0.926. The van der Waals surface area contributed by atoms with Gasteiger partial charge >= 0.3 is 0 Å². The van der Waals surface area contributed by atoms with Crippen LogP contribution in [0.25, 0.3) is 0 Å². The van der Waals surface area contributed by atoms with Gasteiger partial charge in [0.05, 0.1) is 6.04 Å². The van der Waals surface area contributed by atoms with Gasteiger partial charge in [-0.3, -0.25) is 4.79 Å². The van der Waals surface area contributed by atoms with Crippen LogP contribution in [-0.4, -0.2) is 17.5 Å². The third-order valence-electron chi connectivity index (χ3n) is 1.99. The maximum atomic E-state index is 10.6. The van der Waals surface area contributed by atoms with Gasteiger partial charge < -0.3 is 11.1 Å².